The van der Waals surface area contributed by atoms with Crippen molar-refractivity contribution in [3.05, 3.63) is 46.7 Å². The largest absolute Gasteiger partial charge is 0.335 e. The molecule has 0 atom stereocenters. The number of aromatic nitrogens is 2. The van der Waals surface area contributed by atoms with Crippen molar-refractivity contribution in [3.8, 4) is 5.69 Å². The van der Waals surface area contributed by atoms with Crippen LogP contribution in [0.25, 0.3) is 15.9 Å². The van der Waals surface area contributed by atoms with Crippen molar-refractivity contribution in [2.75, 3.05) is 26.2 Å². The van der Waals surface area contributed by atoms with Gasteiger partial charge in [0.15, 0.2) is 0 Å². The standard InChI is InChI=1S/C24H30N4OS/c1-17-16-18(2)25-23-20(17)21(27-10-6-7-11-27)22(30-23)24(29)28-14-12-26(13-15-28)19-8-4-3-5-9-19/h6-7,10-11,16,19H,3-5,8-9,12-15H2,1-2H3. The summed E-state index contributed by atoms with van der Waals surface area (Å²) in [6.45, 7) is 7.77. The number of carbonyl (C=O) groups is 1. The van der Waals surface area contributed by atoms with Crippen LogP contribution >= 0.6 is 11.3 Å². The van der Waals surface area contributed by atoms with Gasteiger partial charge in [0.1, 0.15) is 9.71 Å². The van der Waals surface area contributed by atoms with Gasteiger partial charge in [0.2, 0.25) is 0 Å². The van der Waals surface area contributed by atoms with Crippen LogP contribution in [-0.2, 0) is 0 Å². The molecule has 0 aromatic carbocycles. The molecular weight excluding hydrogens is 392 g/mol. The first kappa shape index (κ1) is 19.8. The van der Waals surface area contributed by atoms with Crippen LogP contribution in [0.4, 0.5) is 0 Å². The molecule has 0 radical (unpaired) electrons. The fourth-order valence-corrected chi connectivity index (χ4v) is 6.44. The molecule has 3 aromatic rings. The number of amides is 1. The molecule has 2 fully saturated rings. The zero-order valence-electron chi connectivity index (χ0n) is 17.9. The number of rotatable bonds is 3. The highest BCUT2D eigenvalue weighted by Crippen LogP contribution is 2.37. The van der Waals surface area contributed by atoms with Gasteiger partial charge >= 0.3 is 0 Å². The molecule has 158 valence electrons. The second-order valence-corrected chi connectivity index (χ2v) is 9.75. The summed E-state index contributed by atoms with van der Waals surface area (Å²) in [4.78, 5) is 24.8. The van der Waals surface area contributed by atoms with Crippen molar-refractivity contribution in [1.29, 1.82) is 0 Å². The summed E-state index contributed by atoms with van der Waals surface area (Å²) in [5, 5.41) is 1.10. The Hall–Kier alpha value is -2.18. The first-order valence-electron chi connectivity index (χ1n) is 11.2. The molecule has 3 aromatic heterocycles. The molecule has 0 unspecified atom stereocenters. The lowest BCUT2D eigenvalue weighted by Gasteiger charge is -2.40. The van der Waals surface area contributed by atoms with E-state index < -0.39 is 0 Å². The van der Waals surface area contributed by atoms with Crippen LogP contribution in [-0.4, -0.2) is 57.5 Å². The Morgan fingerprint density at radius 1 is 1.03 bits per heavy atom. The molecule has 0 N–H and O–H groups in total. The van der Waals surface area contributed by atoms with Crippen molar-refractivity contribution in [3.63, 3.8) is 0 Å². The lowest BCUT2D eigenvalue weighted by Crippen LogP contribution is -2.52. The van der Waals surface area contributed by atoms with E-state index in [2.05, 4.69) is 27.4 Å². The normalized spacial score (nSPS) is 18.9. The van der Waals surface area contributed by atoms with Crippen LogP contribution in [0.2, 0.25) is 0 Å². The number of hydrogen-bond acceptors (Lipinski definition) is 4. The van der Waals surface area contributed by atoms with Gasteiger partial charge < -0.3 is 9.47 Å². The van der Waals surface area contributed by atoms with Crippen LogP contribution < -0.4 is 0 Å². The Kier molecular flexibility index (Phi) is 5.37. The summed E-state index contributed by atoms with van der Waals surface area (Å²) in [6.07, 6.45) is 10.8. The molecular formula is C24H30N4OS. The van der Waals surface area contributed by atoms with Gasteiger partial charge in [-0.2, -0.15) is 0 Å². The van der Waals surface area contributed by atoms with Crippen molar-refractivity contribution in [2.45, 2.75) is 52.0 Å². The maximum atomic E-state index is 13.6. The number of hydrogen-bond donors (Lipinski definition) is 0. The molecule has 30 heavy (non-hydrogen) atoms. The van der Waals surface area contributed by atoms with E-state index in [-0.39, 0.29) is 5.91 Å². The van der Waals surface area contributed by atoms with E-state index in [1.165, 1.54) is 37.7 Å². The van der Waals surface area contributed by atoms with E-state index in [0.717, 1.165) is 58.7 Å². The van der Waals surface area contributed by atoms with Gasteiger partial charge in [0.05, 0.1) is 5.69 Å². The number of pyridine rings is 1. The first-order valence-corrected chi connectivity index (χ1v) is 12.0. The SMILES string of the molecule is Cc1cc(C)c2c(-n3cccc3)c(C(=O)N3CCN(C4CCCCC4)CC3)sc2n1. The predicted molar refractivity (Wildman–Crippen MR) is 123 cm³/mol. The van der Waals surface area contributed by atoms with Crippen molar-refractivity contribution < 1.29 is 4.79 Å². The molecule has 0 bridgehead atoms. The van der Waals surface area contributed by atoms with Crippen molar-refractivity contribution in [2.24, 2.45) is 0 Å². The van der Waals surface area contributed by atoms with E-state index in [0.29, 0.717) is 0 Å². The number of fused-ring (bicyclic) bond motifs is 1. The summed E-state index contributed by atoms with van der Waals surface area (Å²) in [5.41, 5.74) is 3.17. The summed E-state index contributed by atoms with van der Waals surface area (Å²) >= 11 is 1.54. The van der Waals surface area contributed by atoms with Gasteiger partial charge in [-0.25, -0.2) is 4.98 Å². The average Bonchev–Trinajstić information content (AvgIpc) is 3.41. The van der Waals surface area contributed by atoms with E-state index in [1.807, 2.05) is 31.5 Å². The smallest absolute Gasteiger partial charge is 0.266 e. The zero-order chi connectivity index (χ0) is 20.7. The van der Waals surface area contributed by atoms with E-state index in [9.17, 15) is 4.79 Å². The lowest BCUT2D eigenvalue weighted by molar-refractivity contribution is 0.0527. The number of carbonyl (C=O) groups excluding carboxylic acids is 1. The third-order valence-electron chi connectivity index (χ3n) is 6.71. The summed E-state index contributed by atoms with van der Waals surface area (Å²) in [7, 11) is 0. The van der Waals surface area contributed by atoms with Gasteiger partial charge in [-0.15, -0.1) is 11.3 Å². The molecule has 1 aliphatic heterocycles. The highest BCUT2D eigenvalue weighted by molar-refractivity contribution is 7.21. The molecule has 1 saturated carbocycles. The van der Waals surface area contributed by atoms with Crippen molar-refractivity contribution >= 4 is 27.5 Å². The maximum absolute atomic E-state index is 13.6. The predicted octanol–water partition coefficient (Wildman–Crippen LogP) is 4.79. The van der Waals surface area contributed by atoms with Gasteiger partial charge in [-0.3, -0.25) is 9.69 Å². The van der Waals surface area contributed by atoms with Crippen LogP contribution in [0.3, 0.4) is 0 Å². The second kappa shape index (κ2) is 8.16. The highest BCUT2D eigenvalue weighted by Gasteiger charge is 2.30. The van der Waals surface area contributed by atoms with Gasteiger partial charge in [-0.05, 0) is 50.5 Å². The minimum atomic E-state index is 0.155. The summed E-state index contributed by atoms with van der Waals surface area (Å²) in [6, 6.07) is 6.86. The minimum absolute atomic E-state index is 0.155. The highest BCUT2D eigenvalue weighted by atomic mass is 32.1. The molecule has 1 amide bonds. The number of piperazine rings is 1. The fraction of sp³-hybridized carbons (Fsp3) is 0.500. The molecule has 0 spiro atoms. The maximum Gasteiger partial charge on any atom is 0.266 e. The Bertz CT molecular complexity index is 1040. The van der Waals surface area contributed by atoms with E-state index in [1.54, 1.807) is 11.3 Å². The molecule has 5 nitrogen and oxygen atoms in total. The first-order chi connectivity index (χ1) is 14.6. The quantitative estimate of drug-likeness (QED) is 0.609. The molecule has 1 saturated heterocycles. The number of nitrogens with zero attached hydrogens (tertiary/aromatic N) is 4. The third-order valence-corrected chi connectivity index (χ3v) is 7.77. The van der Waals surface area contributed by atoms with Crippen molar-refractivity contribution in [1.82, 2.24) is 19.4 Å². The molecule has 2 aliphatic rings. The minimum Gasteiger partial charge on any atom is -0.335 e. The zero-order valence-corrected chi connectivity index (χ0v) is 18.7. The number of thiophene rings is 1. The molecule has 6 heteroatoms. The molecule has 5 rings (SSSR count). The Balaban J connectivity index is 1.44. The Morgan fingerprint density at radius 3 is 2.43 bits per heavy atom. The van der Waals surface area contributed by atoms with E-state index in [4.69, 9.17) is 4.98 Å². The third kappa shape index (κ3) is 3.56. The molecule has 1 aliphatic carbocycles. The van der Waals surface area contributed by atoms with Crippen LogP contribution in [0.1, 0.15) is 53.0 Å². The fourth-order valence-electron chi connectivity index (χ4n) is 5.18. The van der Waals surface area contributed by atoms with Gasteiger partial charge in [0, 0.05) is 55.7 Å². The van der Waals surface area contributed by atoms with Crippen LogP contribution in [0.15, 0.2) is 30.6 Å². The van der Waals surface area contributed by atoms with E-state index >= 15 is 0 Å². The van der Waals surface area contributed by atoms with Gasteiger partial charge in [-0.1, -0.05) is 19.3 Å². The second-order valence-electron chi connectivity index (χ2n) is 8.75. The molecule has 4 heterocycles. The van der Waals surface area contributed by atoms with Crippen LogP contribution in [0.5, 0.6) is 0 Å². The lowest BCUT2D eigenvalue weighted by atomic mass is 9.94. The number of aryl methyl sites for hydroxylation is 2. The Morgan fingerprint density at radius 2 is 1.73 bits per heavy atom. The topological polar surface area (TPSA) is 41.4 Å². The monoisotopic (exact) mass is 422 g/mol. The Labute approximate surface area is 182 Å². The van der Waals surface area contributed by atoms with Gasteiger partial charge in [0.25, 0.3) is 5.91 Å². The summed E-state index contributed by atoms with van der Waals surface area (Å²) in [5.74, 6) is 0.155. The average molecular weight is 423 g/mol. The van der Waals surface area contributed by atoms with Crippen LogP contribution in [0, 0.1) is 13.8 Å². The summed E-state index contributed by atoms with van der Waals surface area (Å²) < 4.78 is 2.08.